The molecule has 0 atom stereocenters. The fraction of sp³-hybridized carbons (Fsp3) is 0.773. The lowest BCUT2D eigenvalue weighted by molar-refractivity contribution is 0.0518. The van der Waals surface area contributed by atoms with E-state index in [4.69, 9.17) is 13.6 Å². The Kier molecular flexibility index (Phi) is 7.37. The molecule has 0 spiro atoms. The van der Waals surface area contributed by atoms with Gasteiger partial charge in [0.1, 0.15) is 5.60 Å². The fourth-order valence-electron chi connectivity index (χ4n) is 2.05. The van der Waals surface area contributed by atoms with Crippen molar-refractivity contribution in [3.63, 3.8) is 0 Å². The minimum absolute atomic E-state index is 0.0217. The maximum Gasteiger partial charge on any atom is 0.421 e. The second kappa shape index (κ2) is 8.23. The molecule has 0 saturated carbocycles. The van der Waals surface area contributed by atoms with Crippen molar-refractivity contribution < 1.29 is 18.4 Å². The van der Waals surface area contributed by atoms with E-state index in [1.807, 2.05) is 32.9 Å². The van der Waals surface area contributed by atoms with Crippen LogP contribution in [0.3, 0.4) is 0 Å². The molecule has 5 nitrogen and oxygen atoms in total. The highest BCUT2D eigenvalue weighted by Crippen LogP contribution is 2.39. The molecule has 0 aliphatic rings. The van der Waals surface area contributed by atoms with Crippen LogP contribution >= 0.6 is 0 Å². The quantitative estimate of drug-likeness (QED) is 0.454. The Morgan fingerprint density at radius 2 is 1.34 bits per heavy atom. The Morgan fingerprint density at radius 3 is 1.76 bits per heavy atom. The summed E-state index contributed by atoms with van der Waals surface area (Å²) in [4.78, 5) is 13.1. The van der Waals surface area contributed by atoms with E-state index >= 15 is 0 Å². The second-order valence-electron chi connectivity index (χ2n) is 11.9. The van der Waals surface area contributed by atoms with Crippen LogP contribution < -0.4 is 4.43 Å². The van der Waals surface area contributed by atoms with Crippen LogP contribution in [-0.4, -0.2) is 32.9 Å². The third-order valence-corrected chi connectivity index (χ3v) is 14.9. The lowest BCUT2D eigenvalue weighted by Crippen LogP contribution is -2.45. The Hall–Kier alpha value is -1.06. The van der Waals surface area contributed by atoms with Crippen LogP contribution in [0.1, 0.15) is 68.0 Å². The topological polar surface area (TPSA) is 49.7 Å². The minimum Gasteiger partial charge on any atom is -0.531 e. The Balaban J connectivity index is 3.30. The van der Waals surface area contributed by atoms with E-state index in [0.717, 1.165) is 5.69 Å². The largest absolute Gasteiger partial charge is 0.531 e. The molecule has 0 fully saturated rings. The van der Waals surface area contributed by atoms with Crippen molar-refractivity contribution in [2.45, 2.75) is 111 Å². The number of nitrogens with zero attached hydrogens (tertiary/aromatic N) is 1. The van der Waals surface area contributed by atoms with E-state index in [9.17, 15) is 4.79 Å². The van der Waals surface area contributed by atoms with Gasteiger partial charge in [0.2, 0.25) is 0 Å². The lowest BCUT2D eigenvalue weighted by atomic mass is 10.2. The van der Waals surface area contributed by atoms with Gasteiger partial charge < -0.3 is 13.6 Å². The molecule has 0 aliphatic heterocycles. The van der Waals surface area contributed by atoms with Gasteiger partial charge in [0.25, 0.3) is 8.32 Å². The van der Waals surface area contributed by atoms with Crippen molar-refractivity contribution >= 4 is 22.7 Å². The molecule has 0 aliphatic carbocycles. The summed E-state index contributed by atoms with van der Waals surface area (Å²) < 4.78 is 20.1. The maximum absolute atomic E-state index is 13.1. The van der Waals surface area contributed by atoms with Crippen molar-refractivity contribution in [1.82, 2.24) is 4.57 Å². The first-order chi connectivity index (χ1) is 12.7. The third-order valence-electron chi connectivity index (χ3n) is 6.05. The lowest BCUT2D eigenvalue weighted by Gasteiger charge is -2.37. The summed E-state index contributed by atoms with van der Waals surface area (Å²) >= 11 is 0. The smallest absolute Gasteiger partial charge is 0.421 e. The highest BCUT2D eigenvalue weighted by atomic mass is 28.4. The van der Waals surface area contributed by atoms with E-state index < -0.39 is 28.3 Å². The molecule has 0 aromatic carbocycles. The van der Waals surface area contributed by atoms with Crippen LogP contribution in [0.5, 0.6) is 5.88 Å². The number of rotatable bonds is 5. The fourth-order valence-corrected chi connectivity index (χ4v) is 3.98. The molecule has 0 bridgehead atoms. The summed E-state index contributed by atoms with van der Waals surface area (Å²) in [6, 6.07) is 3.79. The number of carbonyl (C=O) groups is 1. The number of carbonyl (C=O) groups excluding carboxylic acids is 1. The minimum atomic E-state index is -2.12. The average Bonchev–Trinajstić information content (AvgIpc) is 2.83. The SMILES string of the molecule is CC(C)(C)OC(=O)n1c(CO[Si](C)(C)C(C)(C)C)ccc1O[Si](C)(C)C(C)(C)C. The van der Waals surface area contributed by atoms with E-state index in [0.29, 0.717) is 12.5 Å². The van der Waals surface area contributed by atoms with Gasteiger partial charge in [0, 0.05) is 0 Å². The van der Waals surface area contributed by atoms with Crippen molar-refractivity contribution in [2.24, 2.45) is 0 Å². The maximum atomic E-state index is 13.1. The van der Waals surface area contributed by atoms with Gasteiger partial charge in [0.15, 0.2) is 14.2 Å². The molecule has 0 amide bonds. The number of hydrogen-bond donors (Lipinski definition) is 0. The van der Waals surface area contributed by atoms with Gasteiger partial charge in [-0.15, -0.1) is 0 Å². The highest BCUT2D eigenvalue weighted by molar-refractivity contribution is 6.75. The van der Waals surface area contributed by atoms with Gasteiger partial charge in [-0.05, 0) is 69.2 Å². The van der Waals surface area contributed by atoms with Crippen molar-refractivity contribution in [3.8, 4) is 5.88 Å². The zero-order valence-electron chi connectivity index (χ0n) is 20.9. The molecular weight excluding hydrogens is 398 g/mol. The molecule has 0 N–H and O–H groups in total. The normalized spacial score (nSPS) is 14.1. The number of ether oxygens (including phenoxy) is 1. The first-order valence-corrected chi connectivity index (χ1v) is 16.3. The summed E-state index contributed by atoms with van der Waals surface area (Å²) in [7, 11) is -4.08. The summed E-state index contributed by atoms with van der Waals surface area (Å²) in [6.45, 7) is 27.9. The van der Waals surface area contributed by atoms with Crippen LogP contribution in [-0.2, 0) is 15.8 Å². The van der Waals surface area contributed by atoms with Crippen molar-refractivity contribution in [3.05, 3.63) is 17.8 Å². The van der Waals surface area contributed by atoms with E-state index in [1.54, 1.807) is 4.57 Å². The third kappa shape index (κ3) is 6.72. The number of aromatic nitrogens is 1. The van der Waals surface area contributed by atoms with Crippen LogP contribution in [0.2, 0.25) is 36.3 Å². The first-order valence-electron chi connectivity index (χ1n) is 10.4. The predicted molar refractivity (Wildman–Crippen MR) is 126 cm³/mol. The van der Waals surface area contributed by atoms with Crippen LogP contribution in [0.25, 0.3) is 0 Å². The molecule has 1 aromatic heterocycles. The van der Waals surface area contributed by atoms with E-state index in [-0.39, 0.29) is 10.1 Å². The van der Waals surface area contributed by atoms with Crippen LogP contribution in [0, 0.1) is 0 Å². The van der Waals surface area contributed by atoms with Gasteiger partial charge >= 0.3 is 6.09 Å². The van der Waals surface area contributed by atoms with Crippen LogP contribution in [0.4, 0.5) is 4.79 Å². The molecule has 1 heterocycles. The molecule has 1 rings (SSSR count). The van der Waals surface area contributed by atoms with Crippen molar-refractivity contribution in [2.75, 3.05) is 0 Å². The summed E-state index contributed by atoms with van der Waals surface area (Å²) in [5.41, 5.74) is 0.172. The van der Waals surface area contributed by atoms with Gasteiger partial charge in [-0.1, -0.05) is 41.5 Å². The number of hydrogen-bond acceptors (Lipinski definition) is 4. The summed E-state index contributed by atoms with van der Waals surface area (Å²) in [5, 5.41) is 0.116. The molecule has 29 heavy (non-hydrogen) atoms. The summed E-state index contributed by atoms with van der Waals surface area (Å²) in [6.07, 6.45) is -0.426. The van der Waals surface area contributed by atoms with Gasteiger partial charge in [0.05, 0.1) is 12.3 Å². The Morgan fingerprint density at radius 1 is 0.862 bits per heavy atom. The first kappa shape index (κ1) is 26.0. The van der Waals surface area contributed by atoms with Crippen LogP contribution in [0.15, 0.2) is 12.1 Å². The molecule has 7 heteroatoms. The highest BCUT2D eigenvalue weighted by Gasteiger charge is 2.41. The Bertz CT molecular complexity index is 717. The average molecular weight is 442 g/mol. The zero-order valence-corrected chi connectivity index (χ0v) is 22.9. The van der Waals surface area contributed by atoms with E-state index in [2.05, 4.69) is 67.7 Å². The molecule has 1 aromatic rings. The Labute approximate surface area is 180 Å². The summed E-state index contributed by atoms with van der Waals surface area (Å²) in [5.74, 6) is 0.541. The van der Waals surface area contributed by atoms with E-state index in [1.165, 1.54) is 0 Å². The standard InChI is InChI=1S/C22H43NO4Si2/c1-20(2,3)26-19(24)23-17(16-25-28(10,11)21(4,5)6)14-15-18(23)27-29(12,13)22(7,8)9/h14-15H,16H2,1-13H3. The van der Waals surface area contributed by atoms with Crippen molar-refractivity contribution in [1.29, 1.82) is 0 Å². The monoisotopic (exact) mass is 441 g/mol. The second-order valence-corrected chi connectivity index (χ2v) is 21.4. The molecular formula is C22H43NO4Si2. The zero-order chi connectivity index (χ0) is 23.1. The van der Waals surface area contributed by atoms with Gasteiger partial charge in [-0.25, -0.2) is 9.36 Å². The van der Waals surface area contributed by atoms with Gasteiger partial charge in [-0.3, -0.25) is 0 Å². The molecule has 168 valence electrons. The predicted octanol–water partition coefficient (Wildman–Crippen LogP) is 7.18. The molecule has 0 unspecified atom stereocenters. The molecule has 0 radical (unpaired) electrons. The van der Waals surface area contributed by atoms with Gasteiger partial charge in [-0.2, -0.15) is 0 Å². The molecule has 0 saturated heterocycles.